The first kappa shape index (κ1) is 61.5. The molecule has 0 aliphatic heterocycles. The van der Waals surface area contributed by atoms with Gasteiger partial charge >= 0.3 is 7.82 Å². The summed E-state index contributed by atoms with van der Waals surface area (Å²) in [6, 6.07) is -1.24. The molecule has 0 radical (unpaired) electrons. The number of amides is 1. The van der Waals surface area contributed by atoms with E-state index in [1.165, 1.54) is 134 Å². The van der Waals surface area contributed by atoms with E-state index in [9.17, 15) is 50.0 Å². The Morgan fingerprint density at radius 2 is 0.985 bits per heavy atom. The van der Waals surface area contributed by atoms with E-state index in [1.54, 1.807) is 6.08 Å². The fourth-order valence-electron chi connectivity index (χ4n) is 8.28. The van der Waals surface area contributed by atoms with Gasteiger partial charge in [0, 0.05) is 0 Å². The van der Waals surface area contributed by atoms with Gasteiger partial charge in [-0.05, 0) is 44.9 Å². The van der Waals surface area contributed by atoms with Crippen LogP contribution in [0.1, 0.15) is 219 Å². The van der Waals surface area contributed by atoms with Crippen LogP contribution in [0.3, 0.4) is 0 Å². The lowest BCUT2D eigenvalue weighted by Gasteiger charge is -2.41. The highest BCUT2D eigenvalue weighted by Gasteiger charge is 2.51. The molecule has 0 heterocycles. The summed E-state index contributed by atoms with van der Waals surface area (Å²) in [5.74, 6) is -0.593. The van der Waals surface area contributed by atoms with Crippen molar-refractivity contribution in [3.63, 3.8) is 0 Å². The van der Waals surface area contributed by atoms with Crippen molar-refractivity contribution in [2.24, 2.45) is 0 Å². The monoisotopic (exact) mass is 946 g/mol. The quantitative estimate of drug-likeness (QED) is 0.0158. The normalized spacial score (nSPS) is 22.8. The maximum absolute atomic E-state index is 13.0. The summed E-state index contributed by atoms with van der Waals surface area (Å²) < 4.78 is 22.9. The minimum atomic E-state index is -5.14. The van der Waals surface area contributed by atoms with Crippen LogP contribution in [0.2, 0.25) is 0 Å². The maximum Gasteiger partial charge on any atom is 0.472 e. The van der Waals surface area contributed by atoms with Gasteiger partial charge in [0.25, 0.3) is 0 Å². The number of allylic oxidation sites excluding steroid dienone is 5. The number of aliphatic hydroxyl groups excluding tert-OH is 7. The van der Waals surface area contributed by atoms with Crippen molar-refractivity contribution >= 4 is 13.7 Å². The van der Waals surface area contributed by atoms with Crippen molar-refractivity contribution in [3.05, 3.63) is 36.5 Å². The van der Waals surface area contributed by atoms with Gasteiger partial charge in [0.2, 0.25) is 5.91 Å². The fourth-order valence-corrected chi connectivity index (χ4v) is 9.25. The first-order valence-corrected chi connectivity index (χ1v) is 27.5. The number of carbonyl (C=O) groups is 1. The topological polar surface area (TPSA) is 226 Å². The zero-order valence-corrected chi connectivity index (χ0v) is 41.5. The number of unbranched alkanes of at least 4 members (excludes halogenated alkanes) is 26. The van der Waals surface area contributed by atoms with Crippen LogP contribution in [0.25, 0.3) is 0 Å². The molecule has 8 unspecified atom stereocenters. The molecule has 0 saturated heterocycles. The Morgan fingerprint density at radius 3 is 1.46 bits per heavy atom. The third-order valence-corrected chi connectivity index (χ3v) is 13.5. The first-order chi connectivity index (χ1) is 31.3. The summed E-state index contributed by atoms with van der Waals surface area (Å²) in [4.78, 5) is 23.5. The number of carbonyl (C=O) groups excluding carboxylic acids is 1. The Hall–Kier alpha value is -1.48. The predicted molar refractivity (Wildman–Crippen MR) is 261 cm³/mol. The molecule has 13 nitrogen and oxygen atoms in total. The summed E-state index contributed by atoms with van der Waals surface area (Å²) in [6.07, 6.45) is 33.7. The zero-order valence-electron chi connectivity index (χ0n) is 40.7. The molecule has 0 aromatic heterocycles. The van der Waals surface area contributed by atoms with Gasteiger partial charge in [-0.1, -0.05) is 204 Å². The summed E-state index contributed by atoms with van der Waals surface area (Å²) in [5.41, 5.74) is 0. The molecule has 1 fully saturated rings. The third-order valence-electron chi connectivity index (χ3n) is 12.5. The van der Waals surface area contributed by atoms with Gasteiger partial charge in [-0.3, -0.25) is 13.8 Å². The highest BCUT2D eigenvalue weighted by molar-refractivity contribution is 7.47. The third kappa shape index (κ3) is 32.1. The van der Waals surface area contributed by atoms with Crippen molar-refractivity contribution in [2.45, 2.75) is 274 Å². The molecule has 0 aromatic carbocycles. The number of hydrogen-bond donors (Lipinski definition) is 9. The van der Waals surface area contributed by atoms with Crippen LogP contribution in [0.5, 0.6) is 0 Å². The number of hydrogen-bond acceptors (Lipinski definition) is 11. The van der Waals surface area contributed by atoms with Crippen molar-refractivity contribution < 1.29 is 59.0 Å². The van der Waals surface area contributed by atoms with Crippen LogP contribution < -0.4 is 5.32 Å². The second-order valence-corrected chi connectivity index (χ2v) is 19.9. The first-order valence-electron chi connectivity index (χ1n) is 26.0. The van der Waals surface area contributed by atoms with Crippen LogP contribution in [0.4, 0.5) is 0 Å². The van der Waals surface area contributed by atoms with E-state index in [4.69, 9.17) is 9.05 Å². The number of phosphoric acid groups is 1. The van der Waals surface area contributed by atoms with Crippen LogP contribution in [0, 0.1) is 0 Å². The van der Waals surface area contributed by atoms with Crippen LogP contribution in [-0.2, 0) is 18.4 Å². The highest BCUT2D eigenvalue weighted by Crippen LogP contribution is 2.47. The van der Waals surface area contributed by atoms with Crippen molar-refractivity contribution in [1.29, 1.82) is 0 Å². The Labute approximate surface area is 394 Å². The molecule has 9 N–H and O–H groups in total. The standard InChI is InChI=1S/C51H96NO12P/c1-3-5-7-9-11-13-15-17-19-21-22-23-24-26-28-30-32-34-36-38-42(53)40-45(55)52-43(41-63-65(61,62)64-51-49(59)47(57)46(56)48(58)50(51)60)44(54)39-37-35-33-31-29-27-25-20-18-16-14-12-10-8-6-4-2/h5,7,11,13,37,39,42-44,46-51,53-54,56-60H,3-4,6,8-10,12,14-36,38,40-41H2,1-2H3,(H,52,55)(H,61,62)/b7-5-,13-11-,39-37+. The van der Waals surface area contributed by atoms with Gasteiger partial charge in [-0.2, -0.15) is 0 Å². The largest absolute Gasteiger partial charge is 0.472 e. The molecular formula is C51H96NO12P. The lowest BCUT2D eigenvalue weighted by atomic mass is 9.85. The molecule has 382 valence electrons. The molecule has 65 heavy (non-hydrogen) atoms. The minimum Gasteiger partial charge on any atom is -0.393 e. The highest BCUT2D eigenvalue weighted by atomic mass is 31.2. The summed E-state index contributed by atoms with van der Waals surface area (Å²) >= 11 is 0. The SMILES string of the molecule is CC/C=C\C/C=C\CCCCCCCCCCCCCCC(O)CC(=O)NC(COP(=O)(O)OC1C(O)C(O)C(O)C(O)C1O)C(O)/C=C/CCCCCCCCCCCCCCCC. The molecular weight excluding hydrogens is 850 g/mol. The van der Waals surface area contributed by atoms with Gasteiger partial charge < -0.3 is 46.0 Å². The van der Waals surface area contributed by atoms with Crippen molar-refractivity contribution in [3.8, 4) is 0 Å². The molecule has 1 aliphatic rings. The Kier molecular flexibility index (Phi) is 38.3. The molecule has 1 amide bonds. The van der Waals surface area contributed by atoms with E-state index in [2.05, 4.69) is 43.5 Å². The van der Waals surface area contributed by atoms with E-state index in [0.717, 1.165) is 57.8 Å². The predicted octanol–water partition coefficient (Wildman–Crippen LogP) is 9.70. The number of aliphatic hydroxyl groups is 7. The number of nitrogens with one attached hydrogen (secondary N) is 1. The van der Waals surface area contributed by atoms with E-state index < -0.39 is 75.2 Å². The van der Waals surface area contributed by atoms with Gasteiger partial charge in [-0.15, -0.1) is 0 Å². The van der Waals surface area contributed by atoms with E-state index in [1.807, 2.05) is 0 Å². The van der Waals surface area contributed by atoms with Gasteiger partial charge in [0.05, 0.1) is 31.3 Å². The minimum absolute atomic E-state index is 0.245. The summed E-state index contributed by atoms with van der Waals surface area (Å²) in [7, 11) is -5.14. The van der Waals surface area contributed by atoms with Crippen LogP contribution in [0.15, 0.2) is 36.5 Å². The number of rotatable bonds is 43. The molecule has 1 rings (SSSR count). The Balaban J connectivity index is 2.47. The summed E-state index contributed by atoms with van der Waals surface area (Å²) in [5, 5.41) is 74.7. The molecule has 1 saturated carbocycles. The van der Waals surface area contributed by atoms with Crippen molar-refractivity contribution in [2.75, 3.05) is 6.61 Å². The van der Waals surface area contributed by atoms with E-state index in [-0.39, 0.29) is 6.42 Å². The average Bonchev–Trinajstić information content (AvgIpc) is 3.28. The summed E-state index contributed by atoms with van der Waals surface area (Å²) in [6.45, 7) is 3.66. The van der Waals surface area contributed by atoms with Gasteiger partial charge in [-0.25, -0.2) is 4.57 Å². The number of phosphoric ester groups is 1. The molecule has 8 atom stereocenters. The lowest BCUT2D eigenvalue weighted by molar-refractivity contribution is -0.220. The Bertz CT molecular complexity index is 1250. The van der Waals surface area contributed by atoms with Gasteiger partial charge in [0.1, 0.15) is 36.6 Å². The van der Waals surface area contributed by atoms with Crippen molar-refractivity contribution in [1.82, 2.24) is 5.32 Å². The second-order valence-electron chi connectivity index (χ2n) is 18.5. The van der Waals surface area contributed by atoms with E-state index in [0.29, 0.717) is 12.8 Å². The molecule has 0 spiro atoms. The Morgan fingerprint density at radius 1 is 0.569 bits per heavy atom. The maximum atomic E-state index is 13.0. The van der Waals surface area contributed by atoms with Crippen LogP contribution in [-0.4, -0.2) is 108 Å². The van der Waals surface area contributed by atoms with Gasteiger partial charge in [0.15, 0.2) is 0 Å². The molecule has 14 heteroatoms. The van der Waals surface area contributed by atoms with E-state index >= 15 is 0 Å². The second kappa shape index (κ2) is 40.4. The fraction of sp³-hybridized carbons (Fsp3) is 0.863. The molecule has 1 aliphatic carbocycles. The average molecular weight is 946 g/mol. The molecule has 0 bridgehead atoms. The van der Waals surface area contributed by atoms with Crippen LogP contribution >= 0.6 is 7.82 Å². The molecule has 0 aromatic rings. The lowest BCUT2D eigenvalue weighted by Crippen LogP contribution is -2.64. The smallest absolute Gasteiger partial charge is 0.393 e. The zero-order chi connectivity index (χ0) is 48.0.